The second kappa shape index (κ2) is 3.66. The summed E-state index contributed by atoms with van der Waals surface area (Å²) in [7, 11) is 0. The number of rotatable bonds is 1. The minimum absolute atomic E-state index is 0.617. The molecule has 0 aliphatic heterocycles. The molecule has 2 aromatic heterocycles. The Hall–Kier alpha value is -2.36. The molecule has 0 atom stereocenters. The molecule has 16 heavy (non-hydrogen) atoms. The van der Waals surface area contributed by atoms with Crippen LogP contribution in [0.2, 0.25) is 0 Å². The number of fused-ring (bicyclic) bond motifs is 1. The van der Waals surface area contributed by atoms with E-state index in [-0.39, 0.29) is 0 Å². The molecule has 0 saturated heterocycles. The smallest absolute Gasteiger partial charge is 0.120 e. The Morgan fingerprint density at radius 1 is 0.938 bits per heavy atom. The SMILES string of the molecule is [c]1nc2ccccc2nc1-c1cccnn1. The van der Waals surface area contributed by atoms with E-state index in [2.05, 4.69) is 26.4 Å². The first-order valence-electron chi connectivity index (χ1n) is 4.86. The van der Waals surface area contributed by atoms with Crippen molar-refractivity contribution < 1.29 is 0 Å². The van der Waals surface area contributed by atoms with E-state index in [0.717, 1.165) is 11.0 Å². The normalized spacial score (nSPS) is 10.5. The molecule has 3 aromatic rings. The van der Waals surface area contributed by atoms with Crippen molar-refractivity contribution in [1.29, 1.82) is 0 Å². The van der Waals surface area contributed by atoms with Gasteiger partial charge in [-0.25, -0.2) is 9.97 Å². The topological polar surface area (TPSA) is 51.6 Å². The van der Waals surface area contributed by atoms with Gasteiger partial charge in [0.15, 0.2) is 0 Å². The highest BCUT2D eigenvalue weighted by molar-refractivity contribution is 5.75. The molecular weight excluding hydrogens is 200 g/mol. The number of benzene rings is 1. The fourth-order valence-electron chi connectivity index (χ4n) is 1.45. The molecule has 4 heteroatoms. The van der Waals surface area contributed by atoms with Crippen molar-refractivity contribution in [2.45, 2.75) is 0 Å². The zero-order valence-corrected chi connectivity index (χ0v) is 8.33. The molecule has 1 radical (unpaired) electrons. The number of hydrogen-bond acceptors (Lipinski definition) is 4. The largest absolute Gasteiger partial charge is 0.242 e. The van der Waals surface area contributed by atoms with Gasteiger partial charge in [0.2, 0.25) is 0 Å². The highest BCUT2D eigenvalue weighted by Gasteiger charge is 2.03. The van der Waals surface area contributed by atoms with E-state index < -0.39 is 0 Å². The monoisotopic (exact) mass is 207 g/mol. The molecule has 0 unspecified atom stereocenters. The maximum absolute atomic E-state index is 4.42. The summed E-state index contributed by atoms with van der Waals surface area (Å²) in [6.07, 6.45) is 4.49. The lowest BCUT2D eigenvalue weighted by atomic mass is 10.2. The summed E-state index contributed by atoms with van der Waals surface area (Å²) in [5.41, 5.74) is 2.96. The average Bonchev–Trinajstić information content (AvgIpc) is 2.39. The third kappa shape index (κ3) is 1.50. The molecule has 0 amide bonds. The fourth-order valence-corrected chi connectivity index (χ4v) is 1.45. The van der Waals surface area contributed by atoms with Gasteiger partial charge in [-0.15, -0.1) is 5.10 Å². The highest BCUT2D eigenvalue weighted by atomic mass is 15.1. The van der Waals surface area contributed by atoms with Crippen molar-refractivity contribution in [3.63, 3.8) is 0 Å². The summed E-state index contributed by atoms with van der Waals surface area (Å²) in [4.78, 5) is 8.63. The minimum Gasteiger partial charge on any atom is -0.242 e. The second-order valence-electron chi connectivity index (χ2n) is 3.28. The van der Waals surface area contributed by atoms with E-state index in [1.54, 1.807) is 6.20 Å². The standard InChI is InChI=1S/C12H7N4/c1-2-5-10-9(4-1)13-8-12(15-10)11-6-3-7-14-16-11/h1-7H. The molecule has 0 saturated carbocycles. The Balaban J connectivity index is 2.19. The van der Waals surface area contributed by atoms with Crippen LogP contribution in [0.3, 0.4) is 0 Å². The van der Waals surface area contributed by atoms with Crippen molar-refractivity contribution in [1.82, 2.24) is 20.2 Å². The van der Waals surface area contributed by atoms with Crippen LogP contribution >= 0.6 is 0 Å². The summed E-state index contributed by atoms with van der Waals surface area (Å²) in [5.74, 6) is 0. The molecule has 0 aliphatic carbocycles. The van der Waals surface area contributed by atoms with Crippen LogP contribution in [0.25, 0.3) is 22.4 Å². The zero-order chi connectivity index (χ0) is 10.8. The van der Waals surface area contributed by atoms with Crippen molar-refractivity contribution in [3.05, 3.63) is 48.8 Å². The predicted molar refractivity (Wildman–Crippen MR) is 59.4 cm³/mol. The number of aromatic nitrogens is 4. The van der Waals surface area contributed by atoms with Gasteiger partial charge in [0.05, 0.1) is 11.0 Å². The van der Waals surface area contributed by atoms with Crippen molar-refractivity contribution >= 4 is 11.0 Å². The van der Waals surface area contributed by atoms with E-state index in [1.165, 1.54) is 0 Å². The third-order valence-corrected chi connectivity index (χ3v) is 2.21. The zero-order valence-electron chi connectivity index (χ0n) is 8.33. The van der Waals surface area contributed by atoms with Gasteiger partial charge in [-0.1, -0.05) is 12.1 Å². The van der Waals surface area contributed by atoms with E-state index in [4.69, 9.17) is 0 Å². The highest BCUT2D eigenvalue weighted by Crippen LogP contribution is 2.15. The van der Waals surface area contributed by atoms with Crippen LogP contribution in [0.15, 0.2) is 42.6 Å². The van der Waals surface area contributed by atoms with Crippen LogP contribution in [0.4, 0.5) is 0 Å². The summed E-state index contributed by atoms with van der Waals surface area (Å²) in [6, 6.07) is 11.3. The Labute approximate surface area is 92.0 Å². The number of para-hydroxylation sites is 2. The molecule has 4 nitrogen and oxygen atoms in total. The molecule has 1 aromatic carbocycles. The summed E-state index contributed by atoms with van der Waals surface area (Å²) in [6.45, 7) is 0. The Morgan fingerprint density at radius 3 is 2.62 bits per heavy atom. The van der Waals surface area contributed by atoms with Gasteiger partial charge in [-0.2, -0.15) is 5.10 Å². The van der Waals surface area contributed by atoms with E-state index in [0.29, 0.717) is 11.4 Å². The number of nitrogens with zero attached hydrogens (tertiary/aromatic N) is 4. The fraction of sp³-hybridized carbons (Fsp3) is 0. The first kappa shape index (κ1) is 8.91. The lowest BCUT2D eigenvalue weighted by Gasteiger charge is -1.99. The van der Waals surface area contributed by atoms with E-state index in [9.17, 15) is 0 Å². The van der Waals surface area contributed by atoms with Gasteiger partial charge >= 0.3 is 0 Å². The van der Waals surface area contributed by atoms with Crippen LogP contribution in [0, 0.1) is 6.20 Å². The van der Waals surface area contributed by atoms with Crippen LogP contribution in [-0.2, 0) is 0 Å². The van der Waals surface area contributed by atoms with Gasteiger partial charge < -0.3 is 0 Å². The molecular formula is C12H7N4. The van der Waals surface area contributed by atoms with Gasteiger partial charge in [0.25, 0.3) is 0 Å². The minimum atomic E-state index is 0.617. The van der Waals surface area contributed by atoms with Crippen LogP contribution in [0.1, 0.15) is 0 Å². The van der Waals surface area contributed by atoms with E-state index >= 15 is 0 Å². The molecule has 3 rings (SSSR count). The lowest BCUT2D eigenvalue weighted by Crippen LogP contribution is -1.92. The first-order chi connectivity index (χ1) is 7.93. The van der Waals surface area contributed by atoms with Gasteiger partial charge in [0, 0.05) is 6.20 Å². The maximum atomic E-state index is 4.42. The average molecular weight is 207 g/mol. The molecule has 0 bridgehead atoms. The number of hydrogen-bond donors (Lipinski definition) is 0. The van der Waals surface area contributed by atoms with Crippen molar-refractivity contribution in [2.24, 2.45) is 0 Å². The van der Waals surface area contributed by atoms with Gasteiger partial charge in [-0.3, -0.25) is 0 Å². The molecule has 0 fully saturated rings. The lowest BCUT2D eigenvalue weighted by molar-refractivity contribution is 1.03. The Kier molecular flexibility index (Phi) is 2.04. The quantitative estimate of drug-likeness (QED) is 0.611. The first-order valence-corrected chi connectivity index (χ1v) is 4.86. The van der Waals surface area contributed by atoms with Crippen molar-refractivity contribution in [3.8, 4) is 11.4 Å². The van der Waals surface area contributed by atoms with E-state index in [1.807, 2.05) is 36.4 Å². The van der Waals surface area contributed by atoms with Gasteiger partial charge in [-0.05, 0) is 24.3 Å². The summed E-state index contributed by atoms with van der Waals surface area (Å²) < 4.78 is 0. The maximum Gasteiger partial charge on any atom is 0.120 e. The molecule has 0 spiro atoms. The third-order valence-electron chi connectivity index (χ3n) is 2.21. The second-order valence-corrected chi connectivity index (χ2v) is 3.28. The van der Waals surface area contributed by atoms with Gasteiger partial charge in [0.1, 0.15) is 17.6 Å². The predicted octanol–water partition coefficient (Wildman–Crippen LogP) is 1.89. The Bertz CT molecular complexity index is 622. The molecule has 2 heterocycles. The summed E-state index contributed by atoms with van der Waals surface area (Å²) >= 11 is 0. The van der Waals surface area contributed by atoms with Crippen LogP contribution < -0.4 is 0 Å². The molecule has 0 N–H and O–H groups in total. The Morgan fingerprint density at radius 2 is 1.81 bits per heavy atom. The van der Waals surface area contributed by atoms with Crippen LogP contribution in [-0.4, -0.2) is 20.2 Å². The van der Waals surface area contributed by atoms with Crippen LogP contribution in [0.5, 0.6) is 0 Å². The summed E-state index contributed by atoms with van der Waals surface area (Å²) in [5, 5.41) is 7.78. The molecule has 0 aliphatic rings. The van der Waals surface area contributed by atoms with Crippen molar-refractivity contribution in [2.75, 3.05) is 0 Å². The molecule has 75 valence electrons.